The summed E-state index contributed by atoms with van der Waals surface area (Å²) in [5.41, 5.74) is 0.687. The van der Waals surface area contributed by atoms with E-state index in [-0.39, 0.29) is 51.1 Å². The van der Waals surface area contributed by atoms with Gasteiger partial charge in [0.05, 0.1) is 25.6 Å². The summed E-state index contributed by atoms with van der Waals surface area (Å²) in [6.45, 7) is 0.498. The van der Waals surface area contributed by atoms with Crippen molar-refractivity contribution in [2.45, 2.75) is 44.8 Å². The molecule has 50 heavy (non-hydrogen) atoms. The molecule has 3 aliphatic rings. The van der Waals surface area contributed by atoms with Crippen LogP contribution in [0.2, 0.25) is 10.0 Å². The number of aromatic nitrogens is 1. The van der Waals surface area contributed by atoms with Gasteiger partial charge in [0.15, 0.2) is 23.9 Å². The van der Waals surface area contributed by atoms with Gasteiger partial charge in [0.2, 0.25) is 10.0 Å². The van der Waals surface area contributed by atoms with Gasteiger partial charge in [-0.25, -0.2) is 13.2 Å². The quantitative estimate of drug-likeness (QED) is 0.0911. The predicted molar refractivity (Wildman–Crippen MR) is 184 cm³/mol. The summed E-state index contributed by atoms with van der Waals surface area (Å²) < 4.78 is 77.4. The van der Waals surface area contributed by atoms with E-state index in [2.05, 4.69) is 9.64 Å². The maximum Gasteiger partial charge on any atom is 0.387 e. The normalized spacial score (nSPS) is 17.5. The second-order valence-corrected chi connectivity index (χ2v) is 16.4. The number of sulfonamides is 1. The molecule has 2 saturated carbocycles. The lowest BCUT2D eigenvalue weighted by atomic mass is 10.0. The SMILES string of the molecule is O=C(O[C@@H](Cc1c(Cl)c[n+]([O-])cc1Cl)c1ccc(OC(F)F)c(OCC2CC2)c1)c1ccc(N(CCN2CCOCC2)S(=O)(=O)CC2CC2)s1. The van der Waals surface area contributed by atoms with E-state index in [4.69, 9.17) is 37.4 Å². The zero-order valence-corrected chi connectivity index (χ0v) is 30.1. The van der Waals surface area contributed by atoms with Crippen molar-refractivity contribution < 1.29 is 45.7 Å². The van der Waals surface area contributed by atoms with Gasteiger partial charge in [0.1, 0.15) is 26.0 Å². The van der Waals surface area contributed by atoms with Crippen LogP contribution in [0.5, 0.6) is 11.5 Å². The molecular formula is C33H37Cl2F2N3O8S2. The van der Waals surface area contributed by atoms with E-state index in [1.807, 2.05) is 0 Å². The minimum Gasteiger partial charge on any atom is -0.619 e. The third-order valence-corrected chi connectivity index (χ3v) is 12.5. The minimum absolute atomic E-state index is 0.0339. The van der Waals surface area contributed by atoms with E-state index in [0.717, 1.165) is 49.4 Å². The van der Waals surface area contributed by atoms with E-state index >= 15 is 0 Å². The van der Waals surface area contributed by atoms with Crippen LogP contribution in [0.3, 0.4) is 0 Å². The zero-order valence-electron chi connectivity index (χ0n) is 27.0. The van der Waals surface area contributed by atoms with Crippen molar-refractivity contribution in [3.8, 4) is 11.5 Å². The monoisotopic (exact) mass is 775 g/mol. The highest BCUT2D eigenvalue weighted by molar-refractivity contribution is 7.93. The average molecular weight is 777 g/mol. The molecule has 0 N–H and O–H groups in total. The molecule has 2 aliphatic carbocycles. The van der Waals surface area contributed by atoms with Gasteiger partial charge in [-0.1, -0.05) is 29.3 Å². The molecule has 0 spiro atoms. The molecule has 1 aromatic carbocycles. The Hall–Kier alpha value is -2.95. The van der Waals surface area contributed by atoms with Crippen LogP contribution in [0.15, 0.2) is 42.7 Å². The Morgan fingerprint density at radius 2 is 1.76 bits per heavy atom. The summed E-state index contributed by atoms with van der Waals surface area (Å²) in [5.74, 6) is -0.414. The number of alkyl halides is 2. The number of rotatable bonds is 17. The number of ether oxygens (including phenoxy) is 4. The highest BCUT2D eigenvalue weighted by Gasteiger charge is 2.34. The van der Waals surface area contributed by atoms with Crippen molar-refractivity contribution in [3.05, 3.63) is 74.0 Å². The number of benzene rings is 1. The zero-order chi connectivity index (χ0) is 35.4. The molecule has 17 heteroatoms. The van der Waals surface area contributed by atoms with E-state index in [0.29, 0.717) is 66.2 Å². The molecular weight excluding hydrogens is 739 g/mol. The van der Waals surface area contributed by atoms with Gasteiger partial charge in [-0.05, 0) is 67.3 Å². The van der Waals surface area contributed by atoms with Crippen LogP contribution in [0.1, 0.15) is 52.6 Å². The van der Waals surface area contributed by atoms with Crippen LogP contribution in [-0.2, 0) is 25.9 Å². The first-order valence-electron chi connectivity index (χ1n) is 16.3. The van der Waals surface area contributed by atoms with Gasteiger partial charge in [-0.3, -0.25) is 9.21 Å². The van der Waals surface area contributed by atoms with Gasteiger partial charge in [0, 0.05) is 38.2 Å². The number of thiophene rings is 1. The fourth-order valence-electron chi connectivity index (χ4n) is 5.54. The van der Waals surface area contributed by atoms with Gasteiger partial charge < -0.3 is 24.2 Å². The number of hydrogen-bond donors (Lipinski definition) is 0. The molecule has 272 valence electrons. The van der Waals surface area contributed by atoms with E-state index in [1.165, 1.54) is 28.6 Å². The van der Waals surface area contributed by atoms with Crippen LogP contribution in [0, 0.1) is 17.0 Å². The number of anilines is 1. The molecule has 1 saturated heterocycles. The van der Waals surface area contributed by atoms with Crippen molar-refractivity contribution in [2.75, 3.05) is 56.1 Å². The Morgan fingerprint density at radius 3 is 2.42 bits per heavy atom. The smallest absolute Gasteiger partial charge is 0.387 e. The largest absolute Gasteiger partial charge is 0.619 e. The van der Waals surface area contributed by atoms with E-state index in [1.54, 1.807) is 6.07 Å². The minimum atomic E-state index is -3.67. The number of carbonyl (C=O) groups is 1. The Morgan fingerprint density at radius 1 is 1.06 bits per heavy atom. The summed E-state index contributed by atoms with van der Waals surface area (Å²) in [4.78, 5) is 16.1. The molecule has 1 aliphatic heterocycles. The number of nitrogens with zero attached hydrogens (tertiary/aromatic N) is 3. The summed E-state index contributed by atoms with van der Waals surface area (Å²) in [6, 6.07) is 7.35. The van der Waals surface area contributed by atoms with Gasteiger partial charge in [-0.2, -0.15) is 13.5 Å². The second kappa shape index (κ2) is 16.2. The predicted octanol–water partition coefficient (Wildman–Crippen LogP) is 6.10. The summed E-state index contributed by atoms with van der Waals surface area (Å²) in [5, 5.41) is 12.4. The molecule has 2 aromatic heterocycles. The first kappa shape index (κ1) is 36.8. The van der Waals surface area contributed by atoms with Crippen LogP contribution in [-0.4, -0.2) is 77.7 Å². The number of hydrogen-bond acceptors (Lipinski definition) is 10. The molecule has 0 bridgehead atoms. The van der Waals surface area contributed by atoms with Crippen molar-refractivity contribution in [1.29, 1.82) is 0 Å². The van der Waals surface area contributed by atoms with Gasteiger partial charge in [-0.15, -0.1) is 11.3 Å². The highest BCUT2D eigenvalue weighted by atomic mass is 35.5. The lowest BCUT2D eigenvalue weighted by molar-refractivity contribution is -0.605. The van der Waals surface area contributed by atoms with E-state index < -0.39 is 28.7 Å². The molecule has 6 rings (SSSR count). The maximum atomic E-state index is 13.8. The topological polar surface area (TPSA) is 122 Å². The van der Waals surface area contributed by atoms with Gasteiger partial charge in [0.25, 0.3) is 0 Å². The maximum absolute atomic E-state index is 13.8. The molecule has 3 aromatic rings. The summed E-state index contributed by atoms with van der Waals surface area (Å²) >= 11 is 13.8. The lowest BCUT2D eigenvalue weighted by Crippen LogP contribution is -2.43. The summed E-state index contributed by atoms with van der Waals surface area (Å²) in [7, 11) is -3.67. The second-order valence-electron chi connectivity index (χ2n) is 12.6. The third-order valence-electron chi connectivity index (χ3n) is 8.66. The molecule has 3 fully saturated rings. The van der Waals surface area contributed by atoms with Crippen LogP contribution >= 0.6 is 34.5 Å². The standard InChI is InChI=1S/C33H37Cl2F2N3O8S2/c34-25-17-39(42)18-26(35)24(25)16-28(23-5-6-27(48-33(36)37)29(15-23)46-19-21-1-2-21)47-32(41)30-7-8-31(49-30)40(50(43,44)20-22-3-4-22)10-9-38-11-13-45-14-12-38/h5-8,15,17-18,21-22,28,33H,1-4,9-14,16,19-20H2/t28-/m0/s1. The van der Waals surface area contributed by atoms with Gasteiger partial charge >= 0.3 is 12.6 Å². The van der Waals surface area contributed by atoms with Crippen LogP contribution in [0.25, 0.3) is 0 Å². The average Bonchev–Trinajstić information content (AvgIpc) is 4.01. The van der Waals surface area contributed by atoms with Crippen molar-refractivity contribution in [2.24, 2.45) is 11.8 Å². The number of esters is 1. The number of morpholine rings is 1. The third kappa shape index (κ3) is 9.88. The Kier molecular flexibility index (Phi) is 11.9. The Labute approximate surface area is 303 Å². The first-order valence-corrected chi connectivity index (χ1v) is 19.5. The molecule has 0 unspecified atom stereocenters. The Balaban J connectivity index is 1.27. The van der Waals surface area contributed by atoms with E-state index in [9.17, 15) is 27.2 Å². The fourth-order valence-corrected chi connectivity index (χ4v) is 9.21. The number of pyridine rings is 1. The Bertz CT molecular complexity index is 1750. The molecule has 1 atom stereocenters. The summed E-state index contributed by atoms with van der Waals surface area (Å²) in [6.07, 6.45) is 4.73. The molecule has 11 nitrogen and oxygen atoms in total. The van der Waals surface area contributed by atoms with Crippen LogP contribution < -0.4 is 18.5 Å². The molecule has 0 radical (unpaired) electrons. The first-order chi connectivity index (χ1) is 23.9. The number of halogens is 4. The highest BCUT2D eigenvalue weighted by Crippen LogP contribution is 2.39. The van der Waals surface area contributed by atoms with Crippen molar-refractivity contribution >= 4 is 55.5 Å². The van der Waals surface area contributed by atoms with Crippen LogP contribution in [0.4, 0.5) is 13.8 Å². The number of carbonyl (C=O) groups excluding carboxylic acids is 1. The molecule has 3 heterocycles. The van der Waals surface area contributed by atoms with Crippen molar-refractivity contribution in [3.63, 3.8) is 0 Å². The lowest BCUT2D eigenvalue weighted by Gasteiger charge is -2.30. The molecule has 0 amide bonds. The fraction of sp³-hybridized carbons (Fsp3) is 0.515. The van der Waals surface area contributed by atoms with Crippen molar-refractivity contribution in [1.82, 2.24) is 4.90 Å².